The summed E-state index contributed by atoms with van der Waals surface area (Å²) in [6, 6.07) is 0. The maximum absolute atomic E-state index is 10.7. The van der Waals surface area contributed by atoms with Gasteiger partial charge in [0.25, 0.3) is 0 Å². The van der Waals surface area contributed by atoms with Crippen LogP contribution in [0.15, 0.2) is 30.4 Å². The average Bonchev–Trinajstić information content (AvgIpc) is 2.76. The molecule has 17 heavy (non-hydrogen) atoms. The van der Waals surface area contributed by atoms with E-state index in [1.807, 2.05) is 22.2 Å². The van der Waals surface area contributed by atoms with Gasteiger partial charge < -0.3 is 5.11 Å². The average molecular weight is 251 g/mol. The highest BCUT2D eigenvalue weighted by atomic mass is 32.1. The zero-order chi connectivity index (χ0) is 12.3. The highest BCUT2D eigenvalue weighted by Crippen LogP contribution is 2.12. The van der Waals surface area contributed by atoms with E-state index >= 15 is 0 Å². The number of imidazole rings is 1. The van der Waals surface area contributed by atoms with Crippen LogP contribution < -0.4 is 0 Å². The second kappa shape index (κ2) is 5.11. The summed E-state index contributed by atoms with van der Waals surface area (Å²) >= 11 is 1.56. The third-order valence-corrected chi connectivity index (χ3v) is 3.05. The summed E-state index contributed by atoms with van der Waals surface area (Å²) in [5.74, 6) is -0.840. The minimum Gasteiger partial charge on any atom is -0.480 e. The van der Waals surface area contributed by atoms with Crippen LogP contribution in [0.2, 0.25) is 0 Å². The number of thiazole rings is 1. The lowest BCUT2D eigenvalue weighted by Gasteiger charge is -2.16. The summed E-state index contributed by atoms with van der Waals surface area (Å²) in [5.41, 5.74) is 0.875. The van der Waals surface area contributed by atoms with Gasteiger partial charge in [0, 0.05) is 30.9 Å². The molecule has 0 bridgehead atoms. The normalized spacial score (nSPS) is 11.1. The Morgan fingerprint density at radius 2 is 2.53 bits per heavy atom. The predicted octanol–water partition coefficient (Wildman–Crippen LogP) is 1.47. The number of carboxylic acids is 1. The highest BCUT2D eigenvalue weighted by molar-refractivity contribution is 7.15. The molecule has 0 aliphatic heterocycles. The SMILES string of the molecule is C=CCN(CC(=O)O)Cc1cn2ccsc2n1. The first-order valence-corrected chi connectivity index (χ1v) is 6.03. The number of carboxylic acid groups (broad SMARTS) is 1. The van der Waals surface area contributed by atoms with Crippen LogP contribution in [0, 0.1) is 0 Å². The molecular weight excluding hydrogens is 238 g/mol. The second-order valence-electron chi connectivity index (χ2n) is 3.68. The molecule has 0 aliphatic carbocycles. The molecular formula is C11H13N3O2S. The van der Waals surface area contributed by atoms with E-state index < -0.39 is 5.97 Å². The number of aliphatic carboxylic acids is 1. The number of hydrogen-bond donors (Lipinski definition) is 1. The molecule has 5 nitrogen and oxygen atoms in total. The van der Waals surface area contributed by atoms with E-state index in [4.69, 9.17) is 5.11 Å². The van der Waals surface area contributed by atoms with Crippen LogP contribution in [0.1, 0.15) is 5.69 Å². The van der Waals surface area contributed by atoms with Crippen molar-refractivity contribution in [1.29, 1.82) is 0 Å². The topological polar surface area (TPSA) is 57.8 Å². The van der Waals surface area contributed by atoms with Gasteiger partial charge in [0.1, 0.15) is 0 Å². The molecule has 0 unspecified atom stereocenters. The van der Waals surface area contributed by atoms with Gasteiger partial charge in [-0.1, -0.05) is 6.08 Å². The molecule has 2 rings (SSSR count). The summed E-state index contributed by atoms with van der Waals surface area (Å²) in [5, 5.41) is 10.8. The van der Waals surface area contributed by atoms with Crippen molar-refractivity contribution in [3.8, 4) is 0 Å². The maximum Gasteiger partial charge on any atom is 0.317 e. The predicted molar refractivity (Wildman–Crippen MR) is 66.2 cm³/mol. The first-order valence-electron chi connectivity index (χ1n) is 5.15. The highest BCUT2D eigenvalue weighted by Gasteiger charge is 2.11. The Bertz CT molecular complexity index is 503. The van der Waals surface area contributed by atoms with E-state index in [1.165, 1.54) is 0 Å². The zero-order valence-electron chi connectivity index (χ0n) is 9.24. The number of hydrogen-bond acceptors (Lipinski definition) is 4. The molecule has 90 valence electrons. The van der Waals surface area contributed by atoms with Crippen molar-refractivity contribution < 1.29 is 9.90 Å². The summed E-state index contributed by atoms with van der Waals surface area (Å²) in [4.78, 5) is 17.8. The fourth-order valence-electron chi connectivity index (χ4n) is 1.64. The molecule has 0 aromatic carbocycles. The van der Waals surface area contributed by atoms with Crippen molar-refractivity contribution in [3.63, 3.8) is 0 Å². The van der Waals surface area contributed by atoms with Crippen LogP contribution in [0.4, 0.5) is 0 Å². The van der Waals surface area contributed by atoms with Crippen molar-refractivity contribution in [1.82, 2.24) is 14.3 Å². The van der Waals surface area contributed by atoms with E-state index in [0.717, 1.165) is 10.7 Å². The first kappa shape index (κ1) is 11.8. The number of aromatic nitrogens is 2. The van der Waals surface area contributed by atoms with Crippen molar-refractivity contribution >= 4 is 22.3 Å². The zero-order valence-corrected chi connectivity index (χ0v) is 10.1. The van der Waals surface area contributed by atoms with Gasteiger partial charge in [0.2, 0.25) is 0 Å². The Morgan fingerprint density at radius 3 is 3.18 bits per heavy atom. The molecule has 2 heterocycles. The van der Waals surface area contributed by atoms with Crippen LogP contribution in [0.25, 0.3) is 4.96 Å². The molecule has 1 N–H and O–H groups in total. The van der Waals surface area contributed by atoms with Gasteiger partial charge in [-0.2, -0.15) is 0 Å². The van der Waals surface area contributed by atoms with Crippen LogP contribution in [0.3, 0.4) is 0 Å². The lowest BCUT2D eigenvalue weighted by Crippen LogP contribution is -2.29. The molecule has 0 aliphatic rings. The molecule has 0 saturated heterocycles. The summed E-state index contributed by atoms with van der Waals surface area (Å²) in [6.07, 6.45) is 5.55. The lowest BCUT2D eigenvalue weighted by atomic mass is 10.4. The van der Waals surface area contributed by atoms with E-state index in [2.05, 4.69) is 11.6 Å². The molecule has 0 radical (unpaired) electrons. The first-order chi connectivity index (χ1) is 8.19. The fourth-order valence-corrected chi connectivity index (χ4v) is 2.36. The van der Waals surface area contributed by atoms with Crippen LogP contribution in [-0.2, 0) is 11.3 Å². The van der Waals surface area contributed by atoms with Crippen molar-refractivity contribution in [3.05, 3.63) is 36.1 Å². The number of fused-ring (bicyclic) bond motifs is 1. The summed E-state index contributed by atoms with van der Waals surface area (Å²) in [7, 11) is 0. The van der Waals surface area contributed by atoms with Gasteiger partial charge in [0.05, 0.1) is 12.2 Å². The Morgan fingerprint density at radius 1 is 1.71 bits per heavy atom. The van der Waals surface area contributed by atoms with Crippen molar-refractivity contribution in [2.75, 3.05) is 13.1 Å². The van der Waals surface area contributed by atoms with E-state index in [-0.39, 0.29) is 6.54 Å². The molecule has 0 amide bonds. The molecule has 2 aromatic rings. The number of carbonyl (C=O) groups is 1. The van der Waals surface area contributed by atoms with Gasteiger partial charge in [-0.25, -0.2) is 4.98 Å². The van der Waals surface area contributed by atoms with Crippen LogP contribution in [0.5, 0.6) is 0 Å². The van der Waals surface area contributed by atoms with Gasteiger partial charge in [0.15, 0.2) is 4.96 Å². The Labute approximate surface area is 103 Å². The molecule has 0 saturated carbocycles. The summed E-state index contributed by atoms with van der Waals surface area (Å²) in [6.45, 7) is 4.68. The maximum atomic E-state index is 10.7. The smallest absolute Gasteiger partial charge is 0.317 e. The molecule has 2 aromatic heterocycles. The monoisotopic (exact) mass is 251 g/mol. The van der Waals surface area contributed by atoms with E-state index in [1.54, 1.807) is 22.3 Å². The largest absolute Gasteiger partial charge is 0.480 e. The minimum atomic E-state index is -0.840. The lowest BCUT2D eigenvalue weighted by molar-refractivity contribution is -0.138. The van der Waals surface area contributed by atoms with Gasteiger partial charge >= 0.3 is 5.97 Å². The van der Waals surface area contributed by atoms with Gasteiger partial charge in [-0.3, -0.25) is 14.1 Å². The van der Waals surface area contributed by atoms with Gasteiger partial charge in [-0.05, 0) is 0 Å². The third kappa shape index (κ3) is 2.92. The number of nitrogens with zero attached hydrogens (tertiary/aromatic N) is 3. The van der Waals surface area contributed by atoms with Crippen LogP contribution in [-0.4, -0.2) is 38.4 Å². The third-order valence-electron chi connectivity index (χ3n) is 2.27. The molecule has 0 spiro atoms. The van der Waals surface area contributed by atoms with Crippen molar-refractivity contribution in [2.45, 2.75) is 6.54 Å². The Balaban J connectivity index is 2.08. The molecule has 6 heteroatoms. The fraction of sp³-hybridized carbons (Fsp3) is 0.273. The van der Waals surface area contributed by atoms with Crippen LogP contribution >= 0.6 is 11.3 Å². The van der Waals surface area contributed by atoms with E-state index in [0.29, 0.717) is 13.1 Å². The standard InChI is InChI=1S/C11H13N3O2S/c1-2-3-13(8-10(15)16)6-9-7-14-4-5-17-11(14)12-9/h2,4-5,7H,1,3,6,8H2,(H,15,16). The molecule has 0 fully saturated rings. The Kier molecular flexibility index (Phi) is 3.55. The van der Waals surface area contributed by atoms with Crippen molar-refractivity contribution in [2.24, 2.45) is 0 Å². The summed E-state index contributed by atoms with van der Waals surface area (Å²) < 4.78 is 1.94. The van der Waals surface area contributed by atoms with Gasteiger partial charge in [-0.15, -0.1) is 17.9 Å². The molecule has 0 atom stereocenters. The Hall–Kier alpha value is -1.66. The minimum absolute atomic E-state index is 0.00278. The quantitative estimate of drug-likeness (QED) is 0.790. The number of rotatable bonds is 6. The van der Waals surface area contributed by atoms with E-state index in [9.17, 15) is 4.79 Å². The second-order valence-corrected chi connectivity index (χ2v) is 4.55.